The third-order valence-electron chi connectivity index (χ3n) is 4.03. The van der Waals surface area contributed by atoms with Gasteiger partial charge in [0.2, 0.25) is 10.0 Å². The van der Waals surface area contributed by atoms with E-state index in [2.05, 4.69) is 26.8 Å². The van der Waals surface area contributed by atoms with Crippen molar-refractivity contribution < 1.29 is 26.4 Å². The van der Waals surface area contributed by atoms with Crippen molar-refractivity contribution in [2.24, 2.45) is 0 Å². The van der Waals surface area contributed by atoms with Gasteiger partial charge in [-0.25, -0.2) is 13.1 Å². The fraction of sp³-hybridized carbons (Fsp3) is 0.167. The molecule has 2 aromatic heterocycles. The van der Waals surface area contributed by atoms with Crippen LogP contribution < -0.4 is 10.0 Å². The van der Waals surface area contributed by atoms with E-state index in [1.54, 1.807) is 0 Å². The second kappa shape index (κ2) is 8.24. The van der Waals surface area contributed by atoms with Gasteiger partial charge in [0.25, 0.3) is 5.91 Å². The first-order valence-electron chi connectivity index (χ1n) is 8.51. The highest BCUT2D eigenvalue weighted by atomic mass is 32.2. The first kappa shape index (κ1) is 21.5. The first-order chi connectivity index (χ1) is 14.1. The van der Waals surface area contributed by atoms with Gasteiger partial charge in [0.05, 0.1) is 17.0 Å². The molecule has 0 aliphatic rings. The number of alkyl halides is 3. The van der Waals surface area contributed by atoms with Gasteiger partial charge in [0.15, 0.2) is 11.5 Å². The minimum absolute atomic E-state index is 0.0264. The Morgan fingerprint density at radius 2 is 1.97 bits per heavy atom. The molecule has 1 amide bonds. The molecule has 0 bridgehead atoms. The maximum atomic E-state index is 12.9. The van der Waals surface area contributed by atoms with Crippen LogP contribution in [0.4, 0.5) is 13.2 Å². The number of rotatable bonds is 7. The van der Waals surface area contributed by atoms with E-state index in [4.69, 9.17) is 0 Å². The molecule has 12 heteroatoms. The molecule has 1 aromatic carbocycles. The van der Waals surface area contributed by atoms with Crippen LogP contribution in [-0.4, -0.2) is 35.5 Å². The number of carbonyl (C=O) groups excluding carboxylic acids is 1. The predicted octanol–water partition coefficient (Wildman–Crippen LogP) is 2.14. The van der Waals surface area contributed by atoms with Crippen molar-refractivity contribution in [1.29, 1.82) is 0 Å². The number of aromatic nitrogens is 3. The number of fused-ring (bicyclic) bond motifs is 1. The number of hydrogen-bond donors (Lipinski definition) is 2. The molecule has 8 nitrogen and oxygen atoms in total. The molecule has 0 radical (unpaired) electrons. The van der Waals surface area contributed by atoms with E-state index in [1.165, 1.54) is 36.4 Å². The van der Waals surface area contributed by atoms with E-state index in [9.17, 15) is 26.4 Å². The normalized spacial score (nSPS) is 12.1. The molecule has 30 heavy (non-hydrogen) atoms. The van der Waals surface area contributed by atoms with Crippen molar-refractivity contribution in [1.82, 2.24) is 24.6 Å². The second-order valence-electron chi connectivity index (χ2n) is 6.11. The minimum atomic E-state index is -4.54. The molecule has 0 spiro atoms. The summed E-state index contributed by atoms with van der Waals surface area (Å²) in [6.45, 7) is 3.24. The quantitative estimate of drug-likeness (QED) is 0.549. The van der Waals surface area contributed by atoms with Crippen LogP contribution in [0.5, 0.6) is 0 Å². The molecule has 158 valence electrons. The Hall–Kier alpha value is -3.25. The van der Waals surface area contributed by atoms with Gasteiger partial charge >= 0.3 is 6.18 Å². The molecule has 0 saturated carbocycles. The number of carbonyl (C=O) groups is 1. The van der Waals surface area contributed by atoms with E-state index in [-0.39, 0.29) is 35.0 Å². The summed E-state index contributed by atoms with van der Waals surface area (Å²) in [5.74, 6) is -0.541. The summed E-state index contributed by atoms with van der Waals surface area (Å²) in [5.41, 5.74) is -0.637. The van der Waals surface area contributed by atoms with Crippen LogP contribution >= 0.6 is 0 Å². The summed E-state index contributed by atoms with van der Waals surface area (Å²) in [4.78, 5) is 12.3. The summed E-state index contributed by atoms with van der Waals surface area (Å²) in [5, 5.41) is 10.1. The highest BCUT2D eigenvalue weighted by molar-refractivity contribution is 7.89. The number of nitrogens with zero attached hydrogens (tertiary/aromatic N) is 3. The average molecular weight is 439 g/mol. The second-order valence-corrected chi connectivity index (χ2v) is 7.88. The summed E-state index contributed by atoms with van der Waals surface area (Å²) in [6, 6.07) is 7.38. The SMILES string of the molecule is C=CCNS(=O)(=O)c1cccc(C(=O)NCc2nnc3ccc(C(F)(F)F)cn23)c1. The molecular weight excluding hydrogens is 423 g/mol. The van der Waals surface area contributed by atoms with Crippen molar-refractivity contribution in [3.63, 3.8) is 0 Å². The van der Waals surface area contributed by atoms with Crippen LogP contribution in [0.1, 0.15) is 21.7 Å². The topological polar surface area (TPSA) is 105 Å². The molecule has 2 N–H and O–H groups in total. The van der Waals surface area contributed by atoms with Gasteiger partial charge in [0.1, 0.15) is 0 Å². The Labute approximate surface area is 169 Å². The summed E-state index contributed by atoms with van der Waals surface area (Å²) in [6.07, 6.45) is -2.32. The number of hydrogen-bond acceptors (Lipinski definition) is 5. The van der Waals surface area contributed by atoms with Gasteiger partial charge in [-0.05, 0) is 30.3 Å². The molecule has 0 unspecified atom stereocenters. The lowest BCUT2D eigenvalue weighted by Crippen LogP contribution is -2.26. The molecular formula is C18H16F3N5O3S. The predicted molar refractivity (Wildman–Crippen MR) is 101 cm³/mol. The Bertz CT molecular complexity index is 1210. The molecule has 0 atom stereocenters. The van der Waals surface area contributed by atoms with Crippen molar-refractivity contribution in [2.45, 2.75) is 17.6 Å². The third kappa shape index (κ3) is 4.66. The summed E-state index contributed by atoms with van der Waals surface area (Å²) in [7, 11) is -3.82. The average Bonchev–Trinajstić information content (AvgIpc) is 3.12. The molecule has 0 aliphatic carbocycles. The van der Waals surface area contributed by atoms with Crippen LogP contribution in [-0.2, 0) is 22.7 Å². The Balaban J connectivity index is 1.78. The molecule has 0 fully saturated rings. The Kier molecular flexibility index (Phi) is 5.89. The minimum Gasteiger partial charge on any atom is -0.345 e. The molecule has 0 aliphatic heterocycles. The standard InChI is InChI=1S/C18H16F3N5O3S/c1-2-8-23-30(28,29)14-5-3-4-12(9-14)17(27)22-10-16-25-24-15-7-6-13(11-26(15)16)18(19,20)21/h2-7,9,11,23H,1,8,10H2,(H,22,27). The summed E-state index contributed by atoms with van der Waals surface area (Å²) >= 11 is 0. The van der Waals surface area contributed by atoms with Crippen molar-refractivity contribution in [2.75, 3.05) is 6.54 Å². The summed E-state index contributed by atoms with van der Waals surface area (Å²) < 4.78 is 66.5. The van der Waals surface area contributed by atoms with E-state index >= 15 is 0 Å². The largest absolute Gasteiger partial charge is 0.417 e. The maximum absolute atomic E-state index is 12.9. The Morgan fingerprint density at radius 3 is 2.67 bits per heavy atom. The van der Waals surface area contributed by atoms with Crippen LogP contribution in [0.25, 0.3) is 5.65 Å². The van der Waals surface area contributed by atoms with Gasteiger partial charge < -0.3 is 5.32 Å². The zero-order valence-electron chi connectivity index (χ0n) is 15.3. The monoisotopic (exact) mass is 439 g/mol. The van der Waals surface area contributed by atoms with Gasteiger partial charge in [-0.3, -0.25) is 9.20 Å². The van der Waals surface area contributed by atoms with Crippen molar-refractivity contribution in [3.8, 4) is 0 Å². The van der Waals surface area contributed by atoms with E-state index in [1.807, 2.05) is 0 Å². The third-order valence-corrected chi connectivity index (χ3v) is 5.45. The number of halogens is 3. The molecule has 3 rings (SSSR count). The first-order valence-corrected chi connectivity index (χ1v) is 10.00. The lowest BCUT2D eigenvalue weighted by atomic mass is 10.2. The fourth-order valence-corrected chi connectivity index (χ4v) is 3.59. The Morgan fingerprint density at radius 1 is 1.20 bits per heavy atom. The highest BCUT2D eigenvalue weighted by Gasteiger charge is 2.31. The smallest absolute Gasteiger partial charge is 0.345 e. The van der Waals surface area contributed by atoms with E-state index < -0.39 is 27.7 Å². The van der Waals surface area contributed by atoms with Crippen molar-refractivity contribution in [3.05, 3.63) is 72.2 Å². The zero-order chi connectivity index (χ0) is 21.9. The number of pyridine rings is 1. The molecule has 2 heterocycles. The number of amides is 1. The van der Waals surface area contributed by atoms with Crippen LogP contribution in [0.15, 0.2) is 60.1 Å². The highest BCUT2D eigenvalue weighted by Crippen LogP contribution is 2.29. The van der Waals surface area contributed by atoms with E-state index in [0.29, 0.717) is 0 Å². The fourth-order valence-electron chi connectivity index (χ4n) is 2.54. The number of benzene rings is 1. The number of sulfonamides is 1. The van der Waals surface area contributed by atoms with Crippen LogP contribution in [0.3, 0.4) is 0 Å². The molecule has 0 saturated heterocycles. The van der Waals surface area contributed by atoms with E-state index in [0.717, 1.165) is 16.7 Å². The zero-order valence-corrected chi connectivity index (χ0v) is 16.2. The van der Waals surface area contributed by atoms with Crippen LogP contribution in [0, 0.1) is 0 Å². The van der Waals surface area contributed by atoms with Gasteiger partial charge in [0, 0.05) is 18.3 Å². The van der Waals surface area contributed by atoms with Gasteiger partial charge in [-0.1, -0.05) is 12.1 Å². The maximum Gasteiger partial charge on any atom is 0.417 e. The van der Waals surface area contributed by atoms with Crippen LogP contribution in [0.2, 0.25) is 0 Å². The number of nitrogens with one attached hydrogen (secondary N) is 2. The van der Waals surface area contributed by atoms with Crippen molar-refractivity contribution >= 4 is 21.6 Å². The van der Waals surface area contributed by atoms with Gasteiger partial charge in [-0.2, -0.15) is 13.2 Å². The lowest BCUT2D eigenvalue weighted by Gasteiger charge is -2.09. The van der Waals surface area contributed by atoms with Gasteiger partial charge in [-0.15, -0.1) is 16.8 Å². The molecule has 3 aromatic rings. The lowest BCUT2D eigenvalue weighted by molar-refractivity contribution is -0.137.